The Kier molecular flexibility index (Phi) is 8.86. The molecule has 0 saturated carbocycles. The van der Waals surface area contributed by atoms with Crippen LogP contribution in [0.1, 0.15) is 33.3 Å². The number of hydrogen-bond acceptors (Lipinski definition) is 4. The van der Waals surface area contributed by atoms with Crippen LogP contribution in [0.2, 0.25) is 0 Å². The fourth-order valence-corrected chi connectivity index (χ4v) is 4.30. The summed E-state index contributed by atoms with van der Waals surface area (Å²) >= 11 is 2.10. The highest BCUT2D eigenvalue weighted by Gasteiger charge is 2.31. The van der Waals surface area contributed by atoms with Crippen LogP contribution in [0, 0.1) is 9.39 Å². The van der Waals surface area contributed by atoms with E-state index >= 15 is 0 Å². The van der Waals surface area contributed by atoms with E-state index in [0.717, 1.165) is 14.1 Å². The molecular formula is C23H29FIN3O4S. The molecule has 2 aromatic carbocycles. The minimum absolute atomic E-state index is 0.186. The third kappa shape index (κ3) is 7.95. The quantitative estimate of drug-likeness (QED) is 0.478. The van der Waals surface area contributed by atoms with Crippen LogP contribution in [0.4, 0.5) is 10.1 Å². The zero-order valence-corrected chi connectivity index (χ0v) is 22.3. The lowest BCUT2D eigenvalue weighted by atomic mass is 10.1. The van der Waals surface area contributed by atoms with Gasteiger partial charge in [-0.25, -0.2) is 12.8 Å². The summed E-state index contributed by atoms with van der Waals surface area (Å²) in [6.07, 6.45) is 1.01. The zero-order chi connectivity index (χ0) is 25.0. The molecule has 2 rings (SSSR count). The molecule has 0 aliphatic carbocycles. The lowest BCUT2D eigenvalue weighted by Crippen LogP contribution is -2.54. The first kappa shape index (κ1) is 27.0. The fourth-order valence-electron chi connectivity index (χ4n) is 3.09. The molecule has 180 valence electrons. The maximum absolute atomic E-state index is 14.4. The average molecular weight is 589 g/mol. The summed E-state index contributed by atoms with van der Waals surface area (Å²) in [6.45, 7) is 6.25. The molecule has 2 aromatic rings. The van der Waals surface area contributed by atoms with Crippen LogP contribution in [0.15, 0.2) is 48.5 Å². The Morgan fingerprint density at radius 2 is 1.67 bits per heavy atom. The van der Waals surface area contributed by atoms with Gasteiger partial charge in [0.15, 0.2) is 0 Å². The van der Waals surface area contributed by atoms with Crippen molar-refractivity contribution in [1.82, 2.24) is 10.2 Å². The maximum atomic E-state index is 14.4. The molecule has 2 amide bonds. The Morgan fingerprint density at radius 1 is 1.09 bits per heavy atom. The van der Waals surface area contributed by atoms with E-state index in [2.05, 4.69) is 27.9 Å². The zero-order valence-electron chi connectivity index (χ0n) is 19.3. The molecule has 0 aromatic heterocycles. The van der Waals surface area contributed by atoms with Gasteiger partial charge in [-0.1, -0.05) is 18.2 Å². The molecule has 0 aliphatic rings. The van der Waals surface area contributed by atoms with Crippen molar-refractivity contribution in [3.05, 3.63) is 63.5 Å². The minimum atomic E-state index is -3.81. The number of hydrogen-bond donors (Lipinski definition) is 1. The molecule has 0 radical (unpaired) electrons. The van der Waals surface area contributed by atoms with E-state index in [1.807, 2.05) is 20.8 Å². The molecule has 0 unspecified atom stereocenters. The first-order valence-corrected chi connectivity index (χ1v) is 13.2. The summed E-state index contributed by atoms with van der Waals surface area (Å²) in [5, 5.41) is 2.82. The van der Waals surface area contributed by atoms with E-state index in [0.29, 0.717) is 5.69 Å². The van der Waals surface area contributed by atoms with Gasteiger partial charge in [0.25, 0.3) is 0 Å². The van der Waals surface area contributed by atoms with Crippen molar-refractivity contribution in [2.24, 2.45) is 0 Å². The molecule has 10 heteroatoms. The molecule has 0 aliphatic heterocycles. The van der Waals surface area contributed by atoms with Crippen molar-refractivity contribution in [2.75, 3.05) is 17.1 Å². The van der Waals surface area contributed by atoms with Gasteiger partial charge in [-0.2, -0.15) is 0 Å². The van der Waals surface area contributed by atoms with Crippen molar-refractivity contribution in [2.45, 2.75) is 45.8 Å². The Morgan fingerprint density at radius 3 is 2.18 bits per heavy atom. The monoisotopic (exact) mass is 589 g/mol. The number of carbonyl (C=O) groups excluding carboxylic acids is 2. The standard InChI is InChI=1S/C23H29FIN3O4S/c1-16(22(30)26-23(2,3)4)27(14-17-8-6-7-9-20(17)24)21(29)15-28(33(5,31)32)19-12-10-18(25)11-13-19/h6-13,16H,14-15H2,1-5H3,(H,26,30)/t16-/m1/s1. The van der Waals surface area contributed by atoms with Gasteiger partial charge in [-0.05, 0) is 80.6 Å². The summed E-state index contributed by atoms with van der Waals surface area (Å²) in [6, 6.07) is 11.7. The first-order valence-electron chi connectivity index (χ1n) is 10.3. The van der Waals surface area contributed by atoms with Crippen molar-refractivity contribution < 1.29 is 22.4 Å². The van der Waals surface area contributed by atoms with Gasteiger partial charge in [-0.15, -0.1) is 0 Å². The number of anilines is 1. The van der Waals surface area contributed by atoms with E-state index in [-0.39, 0.29) is 12.1 Å². The van der Waals surface area contributed by atoms with Crippen LogP contribution in [0.5, 0.6) is 0 Å². The van der Waals surface area contributed by atoms with Crippen LogP contribution < -0.4 is 9.62 Å². The lowest BCUT2D eigenvalue weighted by Gasteiger charge is -2.33. The Labute approximate surface area is 208 Å². The van der Waals surface area contributed by atoms with Gasteiger partial charge in [-0.3, -0.25) is 13.9 Å². The van der Waals surface area contributed by atoms with Crippen molar-refractivity contribution >= 4 is 50.1 Å². The van der Waals surface area contributed by atoms with Gasteiger partial charge in [0.1, 0.15) is 18.4 Å². The first-order chi connectivity index (χ1) is 15.2. The number of amides is 2. The summed E-state index contributed by atoms with van der Waals surface area (Å²) in [7, 11) is -3.81. The molecule has 0 saturated heterocycles. The lowest BCUT2D eigenvalue weighted by molar-refractivity contribution is -0.140. The number of nitrogens with zero attached hydrogens (tertiary/aromatic N) is 2. The van der Waals surface area contributed by atoms with E-state index in [9.17, 15) is 22.4 Å². The van der Waals surface area contributed by atoms with Crippen LogP contribution in [0.25, 0.3) is 0 Å². The van der Waals surface area contributed by atoms with Crippen LogP contribution in [-0.2, 0) is 26.2 Å². The SMILES string of the molecule is C[C@H](C(=O)NC(C)(C)C)N(Cc1ccccc1F)C(=O)CN(c1ccc(I)cc1)S(C)(=O)=O. The predicted octanol–water partition coefficient (Wildman–Crippen LogP) is 3.53. The maximum Gasteiger partial charge on any atom is 0.244 e. The van der Waals surface area contributed by atoms with Crippen LogP contribution in [0.3, 0.4) is 0 Å². The number of benzene rings is 2. The van der Waals surface area contributed by atoms with Crippen LogP contribution in [-0.4, -0.2) is 49.5 Å². The second kappa shape index (κ2) is 10.8. The number of carbonyl (C=O) groups is 2. The normalized spacial score (nSPS) is 12.7. The molecule has 0 heterocycles. The van der Waals surface area contributed by atoms with Crippen molar-refractivity contribution in [3.8, 4) is 0 Å². The van der Waals surface area contributed by atoms with Gasteiger partial charge in [0, 0.05) is 21.2 Å². The Hall–Kier alpha value is -2.21. The van der Waals surface area contributed by atoms with Gasteiger partial charge in [0.2, 0.25) is 21.8 Å². The van der Waals surface area contributed by atoms with E-state index in [1.54, 1.807) is 30.3 Å². The molecular weight excluding hydrogens is 560 g/mol. The number of halogens is 2. The van der Waals surface area contributed by atoms with Crippen molar-refractivity contribution in [1.29, 1.82) is 0 Å². The highest BCUT2D eigenvalue weighted by atomic mass is 127. The summed E-state index contributed by atoms with van der Waals surface area (Å²) in [4.78, 5) is 27.4. The minimum Gasteiger partial charge on any atom is -0.350 e. The highest BCUT2D eigenvalue weighted by Crippen LogP contribution is 2.21. The van der Waals surface area contributed by atoms with Gasteiger partial charge in [0.05, 0.1) is 11.9 Å². The van der Waals surface area contributed by atoms with E-state index in [4.69, 9.17) is 0 Å². The van der Waals surface area contributed by atoms with Gasteiger partial charge < -0.3 is 10.2 Å². The molecule has 0 fully saturated rings. The fraction of sp³-hybridized carbons (Fsp3) is 0.391. The third-order valence-corrected chi connectivity index (χ3v) is 6.62. The predicted molar refractivity (Wildman–Crippen MR) is 136 cm³/mol. The number of nitrogens with one attached hydrogen (secondary N) is 1. The Bertz CT molecular complexity index is 1100. The largest absolute Gasteiger partial charge is 0.350 e. The van der Waals surface area contributed by atoms with Crippen molar-refractivity contribution in [3.63, 3.8) is 0 Å². The summed E-state index contributed by atoms with van der Waals surface area (Å²) < 4.78 is 41.2. The smallest absolute Gasteiger partial charge is 0.244 e. The highest BCUT2D eigenvalue weighted by molar-refractivity contribution is 14.1. The second-order valence-corrected chi connectivity index (χ2v) is 11.9. The average Bonchev–Trinajstić information content (AvgIpc) is 2.69. The molecule has 33 heavy (non-hydrogen) atoms. The Balaban J connectivity index is 2.41. The number of rotatable bonds is 8. The van der Waals surface area contributed by atoms with E-state index < -0.39 is 45.8 Å². The van der Waals surface area contributed by atoms with E-state index in [1.165, 1.54) is 30.0 Å². The topological polar surface area (TPSA) is 86.8 Å². The molecule has 0 bridgehead atoms. The molecule has 1 N–H and O–H groups in total. The van der Waals surface area contributed by atoms with Gasteiger partial charge >= 0.3 is 0 Å². The molecule has 1 atom stereocenters. The molecule has 7 nitrogen and oxygen atoms in total. The summed E-state index contributed by atoms with van der Waals surface area (Å²) in [5.74, 6) is -1.57. The third-order valence-electron chi connectivity index (χ3n) is 4.76. The summed E-state index contributed by atoms with van der Waals surface area (Å²) in [5.41, 5.74) is 0.00299. The molecule has 0 spiro atoms. The number of sulfonamides is 1. The van der Waals surface area contributed by atoms with Crippen LogP contribution >= 0.6 is 22.6 Å². The second-order valence-electron chi connectivity index (χ2n) is 8.77.